The molecule has 0 bridgehead atoms. The summed E-state index contributed by atoms with van der Waals surface area (Å²) in [4.78, 5) is 18.2. The zero-order chi connectivity index (χ0) is 17.7. The van der Waals surface area contributed by atoms with Gasteiger partial charge in [0.15, 0.2) is 0 Å². The van der Waals surface area contributed by atoms with Crippen molar-refractivity contribution < 1.29 is 19.0 Å². The maximum absolute atomic E-state index is 13.0. The molecular formula is C18H26FN3O3. The Kier molecular flexibility index (Phi) is 5.86. The van der Waals surface area contributed by atoms with Crippen molar-refractivity contribution >= 4 is 11.7 Å². The highest BCUT2D eigenvalue weighted by molar-refractivity contribution is 5.76. The number of hydrogen-bond acceptors (Lipinski definition) is 5. The first kappa shape index (κ1) is 18.1. The van der Waals surface area contributed by atoms with Crippen molar-refractivity contribution in [2.75, 3.05) is 37.7 Å². The van der Waals surface area contributed by atoms with Gasteiger partial charge >= 0.3 is 0 Å². The lowest BCUT2D eigenvalue weighted by Crippen LogP contribution is -2.54. The van der Waals surface area contributed by atoms with Gasteiger partial charge in [0.1, 0.15) is 11.6 Å². The van der Waals surface area contributed by atoms with Gasteiger partial charge in [0.2, 0.25) is 5.91 Å². The van der Waals surface area contributed by atoms with Gasteiger partial charge in [0.05, 0.1) is 11.8 Å². The molecule has 3 rings (SSSR count). The number of β-amino-alcohol motifs (C(OH)–C–C–N with tert-alkyl or cyclic N) is 1. The van der Waals surface area contributed by atoms with Gasteiger partial charge in [0, 0.05) is 39.3 Å². The highest BCUT2D eigenvalue weighted by Crippen LogP contribution is 2.25. The zero-order valence-corrected chi connectivity index (χ0v) is 14.4. The Balaban J connectivity index is 1.50. The van der Waals surface area contributed by atoms with Gasteiger partial charge in [-0.15, -0.1) is 0 Å². The number of ether oxygens (including phenoxy) is 1. The van der Waals surface area contributed by atoms with Crippen molar-refractivity contribution in [1.29, 1.82) is 0 Å². The SMILES string of the molecule is O=C(CC1CCOCC1)NCC1(O)CCCN(c2ccc(F)cn2)C1. The van der Waals surface area contributed by atoms with Crippen molar-refractivity contribution in [2.45, 2.75) is 37.7 Å². The largest absolute Gasteiger partial charge is 0.386 e. The second kappa shape index (κ2) is 8.10. The predicted octanol–water partition coefficient (Wildman–Crippen LogP) is 1.48. The van der Waals surface area contributed by atoms with Crippen LogP contribution in [0.4, 0.5) is 10.2 Å². The summed E-state index contributed by atoms with van der Waals surface area (Å²) >= 11 is 0. The highest BCUT2D eigenvalue weighted by Gasteiger charge is 2.34. The summed E-state index contributed by atoms with van der Waals surface area (Å²) in [6.07, 6.45) is 4.93. The minimum Gasteiger partial charge on any atom is -0.386 e. The quantitative estimate of drug-likeness (QED) is 0.841. The number of aromatic nitrogens is 1. The molecule has 0 spiro atoms. The molecule has 3 heterocycles. The van der Waals surface area contributed by atoms with Crippen LogP contribution in [-0.4, -0.2) is 54.4 Å². The monoisotopic (exact) mass is 351 g/mol. The summed E-state index contributed by atoms with van der Waals surface area (Å²) in [6.45, 7) is 2.82. The van der Waals surface area contributed by atoms with Gasteiger partial charge in [-0.05, 0) is 43.7 Å². The molecular weight excluding hydrogens is 325 g/mol. The van der Waals surface area contributed by atoms with Crippen molar-refractivity contribution in [3.8, 4) is 0 Å². The van der Waals surface area contributed by atoms with Crippen molar-refractivity contribution in [3.05, 3.63) is 24.1 Å². The average molecular weight is 351 g/mol. The first-order valence-corrected chi connectivity index (χ1v) is 8.97. The highest BCUT2D eigenvalue weighted by atomic mass is 19.1. The Morgan fingerprint density at radius 3 is 2.96 bits per heavy atom. The number of carbonyl (C=O) groups is 1. The Bertz CT molecular complexity index is 577. The number of piperidine rings is 1. The molecule has 2 aliphatic rings. The summed E-state index contributed by atoms with van der Waals surface area (Å²) in [5, 5.41) is 13.7. The van der Waals surface area contributed by atoms with Crippen LogP contribution in [0.3, 0.4) is 0 Å². The van der Waals surface area contributed by atoms with Crippen molar-refractivity contribution in [1.82, 2.24) is 10.3 Å². The molecule has 1 unspecified atom stereocenters. The summed E-state index contributed by atoms with van der Waals surface area (Å²) in [6, 6.07) is 2.98. The number of pyridine rings is 1. The normalized spacial score (nSPS) is 25.0. The number of amides is 1. The lowest BCUT2D eigenvalue weighted by Gasteiger charge is -2.40. The van der Waals surface area contributed by atoms with Crippen LogP contribution in [0.15, 0.2) is 18.3 Å². The van der Waals surface area contributed by atoms with Crippen LogP contribution in [0.25, 0.3) is 0 Å². The maximum atomic E-state index is 13.0. The first-order chi connectivity index (χ1) is 12.0. The summed E-state index contributed by atoms with van der Waals surface area (Å²) in [7, 11) is 0. The number of rotatable bonds is 5. The molecule has 138 valence electrons. The van der Waals surface area contributed by atoms with E-state index in [1.807, 2.05) is 4.90 Å². The van der Waals surface area contributed by atoms with Gasteiger partial charge in [-0.3, -0.25) is 4.79 Å². The molecule has 1 atom stereocenters. The molecule has 2 fully saturated rings. The number of anilines is 1. The molecule has 1 amide bonds. The predicted molar refractivity (Wildman–Crippen MR) is 91.8 cm³/mol. The van der Waals surface area contributed by atoms with Crippen molar-refractivity contribution in [3.63, 3.8) is 0 Å². The van der Waals surface area contributed by atoms with Gasteiger partial charge in [0.25, 0.3) is 0 Å². The maximum Gasteiger partial charge on any atom is 0.220 e. The van der Waals surface area contributed by atoms with Crippen LogP contribution in [-0.2, 0) is 9.53 Å². The summed E-state index contributed by atoms with van der Waals surface area (Å²) < 4.78 is 18.3. The molecule has 1 aromatic rings. The van der Waals surface area contributed by atoms with Crippen LogP contribution >= 0.6 is 0 Å². The third-order valence-corrected chi connectivity index (χ3v) is 5.02. The topological polar surface area (TPSA) is 74.7 Å². The Hall–Kier alpha value is -1.73. The minimum absolute atomic E-state index is 0.0163. The lowest BCUT2D eigenvalue weighted by molar-refractivity contribution is -0.124. The number of aliphatic hydroxyl groups is 1. The third kappa shape index (κ3) is 5.12. The molecule has 2 saturated heterocycles. The van der Waals surface area contributed by atoms with Gasteiger partial charge < -0.3 is 20.1 Å². The van der Waals surface area contributed by atoms with E-state index in [9.17, 15) is 14.3 Å². The molecule has 0 aromatic carbocycles. The lowest BCUT2D eigenvalue weighted by atomic mass is 9.92. The van der Waals surface area contributed by atoms with E-state index < -0.39 is 5.60 Å². The van der Waals surface area contributed by atoms with E-state index in [1.165, 1.54) is 12.3 Å². The number of nitrogens with zero attached hydrogens (tertiary/aromatic N) is 2. The summed E-state index contributed by atoms with van der Waals surface area (Å²) in [5.41, 5.74) is -0.986. The van der Waals surface area contributed by atoms with E-state index in [-0.39, 0.29) is 18.3 Å². The molecule has 0 saturated carbocycles. The van der Waals surface area contributed by atoms with Crippen LogP contribution in [0, 0.1) is 11.7 Å². The average Bonchev–Trinajstić information content (AvgIpc) is 2.62. The second-order valence-corrected chi connectivity index (χ2v) is 7.12. The Morgan fingerprint density at radius 1 is 1.44 bits per heavy atom. The van der Waals surface area contributed by atoms with E-state index >= 15 is 0 Å². The van der Waals surface area contributed by atoms with E-state index in [1.54, 1.807) is 6.07 Å². The smallest absolute Gasteiger partial charge is 0.220 e. The third-order valence-electron chi connectivity index (χ3n) is 5.02. The molecule has 1 aromatic heterocycles. The first-order valence-electron chi connectivity index (χ1n) is 8.97. The standard InChI is InChI=1S/C18H26FN3O3/c19-15-2-3-16(20-11-15)22-7-1-6-18(24,13-22)12-21-17(23)10-14-4-8-25-9-5-14/h2-3,11,14,24H,1,4-10,12-13H2,(H,21,23). The van der Waals surface area contributed by atoms with E-state index in [4.69, 9.17) is 4.74 Å². The fraction of sp³-hybridized carbons (Fsp3) is 0.667. The number of halogens is 1. The van der Waals surface area contributed by atoms with Gasteiger partial charge in [-0.2, -0.15) is 0 Å². The molecule has 25 heavy (non-hydrogen) atoms. The molecule has 6 nitrogen and oxygen atoms in total. The fourth-order valence-electron chi connectivity index (χ4n) is 3.56. The van der Waals surface area contributed by atoms with Crippen LogP contribution in [0.2, 0.25) is 0 Å². The molecule has 0 radical (unpaired) electrons. The van der Waals surface area contributed by atoms with Gasteiger partial charge in [-0.1, -0.05) is 0 Å². The fourth-order valence-corrected chi connectivity index (χ4v) is 3.56. The van der Waals surface area contributed by atoms with Crippen molar-refractivity contribution in [2.24, 2.45) is 5.92 Å². The zero-order valence-electron chi connectivity index (χ0n) is 14.4. The molecule has 2 aliphatic heterocycles. The van der Waals surface area contributed by atoms with E-state index in [0.29, 0.717) is 31.1 Å². The second-order valence-electron chi connectivity index (χ2n) is 7.12. The van der Waals surface area contributed by atoms with Gasteiger partial charge in [-0.25, -0.2) is 9.37 Å². The van der Waals surface area contributed by atoms with E-state index in [0.717, 1.165) is 39.0 Å². The minimum atomic E-state index is -0.986. The number of carbonyl (C=O) groups excluding carboxylic acids is 1. The van der Waals surface area contributed by atoms with E-state index in [2.05, 4.69) is 10.3 Å². The molecule has 7 heteroatoms. The van der Waals surface area contributed by atoms with Crippen LogP contribution < -0.4 is 10.2 Å². The summed E-state index contributed by atoms with van der Waals surface area (Å²) in [5.74, 6) is 0.622. The number of nitrogens with one attached hydrogen (secondary N) is 1. The van der Waals surface area contributed by atoms with Crippen LogP contribution in [0.1, 0.15) is 32.1 Å². The Morgan fingerprint density at radius 2 is 2.24 bits per heavy atom. The molecule has 2 N–H and O–H groups in total. The molecule has 0 aliphatic carbocycles. The Labute approximate surface area is 147 Å². The van der Waals surface area contributed by atoms with Crippen LogP contribution in [0.5, 0.6) is 0 Å². The number of hydrogen-bond donors (Lipinski definition) is 2.